The Morgan fingerprint density at radius 2 is 1.90 bits per heavy atom. The Kier molecular flexibility index (Phi) is 7.83. The number of rotatable bonds is 8. The summed E-state index contributed by atoms with van der Waals surface area (Å²) >= 11 is 1.10. The number of halogens is 1. The van der Waals surface area contributed by atoms with Crippen LogP contribution in [0.25, 0.3) is 10.6 Å². The highest BCUT2D eigenvalue weighted by Crippen LogP contribution is 2.28. The summed E-state index contributed by atoms with van der Waals surface area (Å²) in [7, 11) is 1.25. The van der Waals surface area contributed by atoms with E-state index in [1.807, 2.05) is 13.8 Å². The highest BCUT2D eigenvalue weighted by Gasteiger charge is 2.27. The van der Waals surface area contributed by atoms with Crippen molar-refractivity contribution in [1.29, 1.82) is 0 Å². The van der Waals surface area contributed by atoms with Crippen LogP contribution in [0.4, 0.5) is 4.39 Å². The summed E-state index contributed by atoms with van der Waals surface area (Å²) in [5.41, 5.74) is 1.12. The van der Waals surface area contributed by atoms with Gasteiger partial charge >= 0.3 is 11.9 Å². The fourth-order valence-electron chi connectivity index (χ4n) is 2.51. The van der Waals surface area contributed by atoms with Gasteiger partial charge in [-0.1, -0.05) is 20.3 Å². The van der Waals surface area contributed by atoms with E-state index >= 15 is 0 Å². The number of methoxy groups -OCH3 is 1. The molecule has 0 aliphatic heterocycles. The molecule has 1 heterocycles. The Balaban J connectivity index is 2.00. The first-order valence-electron chi connectivity index (χ1n) is 9.04. The molecular formula is C20H23FN2O5S. The van der Waals surface area contributed by atoms with Gasteiger partial charge in [-0.05, 0) is 37.1 Å². The van der Waals surface area contributed by atoms with Gasteiger partial charge in [0.2, 0.25) is 0 Å². The minimum Gasteiger partial charge on any atom is -0.467 e. The van der Waals surface area contributed by atoms with Crippen molar-refractivity contribution in [1.82, 2.24) is 10.3 Å². The number of nitrogens with zero attached hydrogens (tertiary/aromatic N) is 1. The van der Waals surface area contributed by atoms with Crippen molar-refractivity contribution < 1.29 is 28.2 Å². The Morgan fingerprint density at radius 1 is 1.24 bits per heavy atom. The average molecular weight is 422 g/mol. The fraction of sp³-hybridized carbons (Fsp3) is 0.400. The molecule has 2 atom stereocenters. The van der Waals surface area contributed by atoms with Gasteiger partial charge in [-0.2, -0.15) is 0 Å². The monoisotopic (exact) mass is 422 g/mol. The molecule has 1 aromatic heterocycles. The van der Waals surface area contributed by atoms with Gasteiger partial charge in [-0.15, -0.1) is 11.3 Å². The molecule has 2 rings (SSSR count). The van der Waals surface area contributed by atoms with Crippen LogP contribution >= 0.6 is 11.3 Å². The van der Waals surface area contributed by atoms with Crippen molar-refractivity contribution in [3.63, 3.8) is 0 Å². The average Bonchev–Trinajstić information content (AvgIpc) is 3.11. The molecule has 1 amide bonds. The van der Waals surface area contributed by atoms with E-state index in [-0.39, 0.29) is 16.6 Å². The highest BCUT2D eigenvalue weighted by atomic mass is 32.1. The molecule has 0 aliphatic carbocycles. The van der Waals surface area contributed by atoms with Gasteiger partial charge in [-0.25, -0.2) is 19.0 Å². The lowest BCUT2D eigenvalue weighted by atomic mass is 9.99. The van der Waals surface area contributed by atoms with Crippen LogP contribution in [0, 0.1) is 18.7 Å². The number of nitrogens with one attached hydrogen (secondary N) is 1. The smallest absolute Gasteiger partial charge is 0.350 e. The summed E-state index contributed by atoms with van der Waals surface area (Å²) in [5.74, 6) is -2.35. The maximum absolute atomic E-state index is 13.1. The summed E-state index contributed by atoms with van der Waals surface area (Å²) in [6, 6.07) is 4.94. The van der Waals surface area contributed by atoms with E-state index in [9.17, 15) is 18.8 Å². The van der Waals surface area contributed by atoms with Crippen LogP contribution in [-0.2, 0) is 19.1 Å². The van der Waals surface area contributed by atoms with E-state index in [1.54, 1.807) is 19.1 Å². The number of carbonyl (C=O) groups is 3. The number of carbonyl (C=O) groups excluding carboxylic acids is 3. The van der Waals surface area contributed by atoms with Crippen LogP contribution in [0.5, 0.6) is 0 Å². The van der Waals surface area contributed by atoms with Crippen LogP contribution in [-0.4, -0.2) is 42.6 Å². The van der Waals surface area contributed by atoms with E-state index in [0.717, 1.165) is 11.3 Å². The largest absolute Gasteiger partial charge is 0.467 e. The second-order valence-electron chi connectivity index (χ2n) is 6.47. The molecule has 29 heavy (non-hydrogen) atoms. The number of esters is 2. The zero-order chi connectivity index (χ0) is 21.6. The third-order valence-electron chi connectivity index (χ3n) is 4.39. The van der Waals surface area contributed by atoms with E-state index in [0.29, 0.717) is 22.7 Å². The third-order valence-corrected chi connectivity index (χ3v) is 5.58. The zero-order valence-corrected chi connectivity index (χ0v) is 17.5. The summed E-state index contributed by atoms with van der Waals surface area (Å²) < 4.78 is 22.9. The van der Waals surface area contributed by atoms with Crippen molar-refractivity contribution in [3.8, 4) is 10.6 Å². The van der Waals surface area contributed by atoms with Crippen LogP contribution < -0.4 is 5.32 Å². The topological polar surface area (TPSA) is 94.6 Å². The van der Waals surface area contributed by atoms with Gasteiger partial charge in [0.15, 0.2) is 6.61 Å². The number of aromatic nitrogens is 1. The second kappa shape index (κ2) is 10.1. The molecule has 0 bridgehead atoms. The SMILES string of the molecule is CC[C@@H](C)[C@@H](NC(=O)COC(=O)c1sc(-c2ccc(F)cc2)nc1C)C(=O)OC. The summed E-state index contributed by atoms with van der Waals surface area (Å²) in [5, 5.41) is 3.08. The van der Waals surface area contributed by atoms with E-state index in [1.165, 1.54) is 19.2 Å². The fourth-order valence-corrected chi connectivity index (χ4v) is 3.48. The molecule has 0 radical (unpaired) electrons. The van der Waals surface area contributed by atoms with Crippen molar-refractivity contribution in [2.75, 3.05) is 13.7 Å². The number of thiazole rings is 1. The Morgan fingerprint density at radius 3 is 2.48 bits per heavy atom. The Hall–Kier alpha value is -2.81. The van der Waals surface area contributed by atoms with Crippen LogP contribution in [0.3, 0.4) is 0 Å². The first kappa shape index (κ1) is 22.5. The number of ether oxygens (including phenoxy) is 2. The normalized spacial score (nSPS) is 12.7. The molecule has 0 aliphatic rings. The molecule has 7 nitrogen and oxygen atoms in total. The number of amides is 1. The molecule has 0 unspecified atom stereocenters. The Bertz CT molecular complexity index is 881. The van der Waals surface area contributed by atoms with Crippen LogP contribution in [0.2, 0.25) is 0 Å². The highest BCUT2D eigenvalue weighted by molar-refractivity contribution is 7.17. The molecule has 1 N–H and O–H groups in total. The molecule has 0 saturated carbocycles. The maximum Gasteiger partial charge on any atom is 0.350 e. The molecule has 0 saturated heterocycles. The van der Waals surface area contributed by atoms with Crippen molar-refractivity contribution in [2.45, 2.75) is 33.2 Å². The minimum atomic E-state index is -0.813. The lowest BCUT2D eigenvalue weighted by Crippen LogP contribution is -2.47. The van der Waals surface area contributed by atoms with Gasteiger partial charge in [0.25, 0.3) is 5.91 Å². The molecule has 2 aromatic rings. The predicted octanol–water partition coefficient (Wildman–Crippen LogP) is 3.12. The van der Waals surface area contributed by atoms with Crippen LogP contribution in [0.15, 0.2) is 24.3 Å². The number of hydrogen-bond acceptors (Lipinski definition) is 7. The maximum atomic E-state index is 13.1. The van der Waals surface area contributed by atoms with E-state index < -0.39 is 30.5 Å². The molecule has 9 heteroatoms. The zero-order valence-electron chi connectivity index (χ0n) is 16.7. The first-order chi connectivity index (χ1) is 13.8. The standard InChI is InChI=1S/C20H23FN2O5S/c1-5-11(2)16(19(25)27-4)23-15(24)10-28-20(26)17-12(3)22-18(29-17)13-6-8-14(21)9-7-13/h6-9,11,16H,5,10H2,1-4H3,(H,23,24)/t11-,16-/m1/s1. The van der Waals surface area contributed by atoms with Crippen LogP contribution in [0.1, 0.15) is 35.6 Å². The molecule has 0 fully saturated rings. The first-order valence-corrected chi connectivity index (χ1v) is 9.86. The van der Waals surface area contributed by atoms with Crippen molar-refractivity contribution >= 4 is 29.2 Å². The van der Waals surface area contributed by atoms with Gasteiger partial charge in [0, 0.05) is 5.56 Å². The van der Waals surface area contributed by atoms with Gasteiger partial charge in [-0.3, -0.25) is 4.79 Å². The lowest BCUT2D eigenvalue weighted by molar-refractivity contribution is -0.147. The predicted molar refractivity (Wildman–Crippen MR) is 106 cm³/mol. The number of aryl methyl sites for hydroxylation is 1. The van der Waals surface area contributed by atoms with Gasteiger partial charge < -0.3 is 14.8 Å². The van der Waals surface area contributed by atoms with Crippen molar-refractivity contribution in [2.24, 2.45) is 5.92 Å². The number of hydrogen-bond donors (Lipinski definition) is 1. The summed E-state index contributed by atoms with van der Waals surface area (Å²) in [6.45, 7) is 4.81. The van der Waals surface area contributed by atoms with E-state index in [4.69, 9.17) is 9.47 Å². The number of benzene rings is 1. The van der Waals surface area contributed by atoms with E-state index in [2.05, 4.69) is 10.3 Å². The van der Waals surface area contributed by atoms with Gasteiger partial charge in [0.1, 0.15) is 21.7 Å². The molecular weight excluding hydrogens is 399 g/mol. The minimum absolute atomic E-state index is 0.135. The lowest BCUT2D eigenvalue weighted by Gasteiger charge is -2.21. The molecule has 0 spiro atoms. The Labute approximate surface area is 172 Å². The van der Waals surface area contributed by atoms with Gasteiger partial charge in [0.05, 0.1) is 12.8 Å². The molecule has 156 valence electrons. The quantitative estimate of drug-likeness (QED) is 0.657. The van der Waals surface area contributed by atoms with Crippen molar-refractivity contribution in [3.05, 3.63) is 40.7 Å². The summed E-state index contributed by atoms with van der Waals surface area (Å²) in [4.78, 5) is 40.9. The molecule has 1 aromatic carbocycles. The third kappa shape index (κ3) is 5.83. The second-order valence-corrected chi connectivity index (χ2v) is 7.47. The summed E-state index contributed by atoms with van der Waals surface area (Å²) in [6.07, 6.45) is 0.659.